The second kappa shape index (κ2) is 9.20. The van der Waals surface area contributed by atoms with E-state index in [1.54, 1.807) is 0 Å². The number of nitrogens with one attached hydrogen (secondary N) is 2. The van der Waals surface area contributed by atoms with Crippen LogP contribution in [0, 0.1) is 5.92 Å². The van der Waals surface area contributed by atoms with E-state index in [0.29, 0.717) is 25.4 Å². The Morgan fingerprint density at radius 2 is 1.22 bits per heavy atom. The second-order valence-corrected chi connectivity index (χ2v) is 8.84. The van der Waals surface area contributed by atoms with Gasteiger partial charge in [-0.15, -0.1) is 0 Å². The van der Waals surface area contributed by atoms with Crippen LogP contribution in [0.2, 0.25) is 0 Å². The van der Waals surface area contributed by atoms with Crippen LogP contribution in [0.4, 0.5) is 0 Å². The Bertz CT molecular complexity index is 872. The zero-order chi connectivity index (χ0) is 21.9. The molecule has 1 saturated carbocycles. The maximum absolute atomic E-state index is 12.6. The Morgan fingerprint density at radius 3 is 1.66 bits per heavy atom. The molecule has 2 N–H and O–H groups in total. The Balaban J connectivity index is 1.11. The second-order valence-electron chi connectivity index (χ2n) is 8.84. The summed E-state index contributed by atoms with van der Waals surface area (Å²) in [5.74, 6) is 2.00. The Morgan fingerprint density at radius 1 is 0.750 bits per heavy atom. The van der Waals surface area contributed by atoms with Crippen molar-refractivity contribution in [2.45, 2.75) is 43.9 Å². The molecule has 5 rings (SSSR count). The van der Waals surface area contributed by atoms with Gasteiger partial charge in [0.15, 0.2) is 0 Å². The maximum Gasteiger partial charge on any atom is 0.243 e. The van der Waals surface area contributed by atoms with Crippen LogP contribution in [0.1, 0.15) is 24.0 Å². The molecule has 168 valence electrons. The predicted molar refractivity (Wildman–Crippen MR) is 118 cm³/mol. The van der Waals surface area contributed by atoms with E-state index in [0.717, 1.165) is 35.8 Å². The van der Waals surface area contributed by atoms with Gasteiger partial charge in [0.1, 0.15) is 36.3 Å². The molecule has 32 heavy (non-hydrogen) atoms. The van der Waals surface area contributed by atoms with Gasteiger partial charge in [-0.05, 0) is 54.2 Å². The highest BCUT2D eigenvalue weighted by atomic mass is 16.6. The Labute approximate surface area is 187 Å². The fourth-order valence-corrected chi connectivity index (χ4v) is 3.73. The van der Waals surface area contributed by atoms with Crippen LogP contribution in [0.15, 0.2) is 48.5 Å². The third-order valence-corrected chi connectivity index (χ3v) is 6.01. The summed E-state index contributed by atoms with van der Waals surface area (Å²) < 4.78 is 16.5. The standard InChI is InChI=1S/C25H28N2O5/c28-24-22(11-16-3-7-19(8-4-16)30-13-18-1-2-18)26-25(29)23(27-24)12-17-5-9-20(10-6-17)31-14-21-15-32-21/h3-10,18,21-23H,1-2,11-15H2,(H,26,29)(H,27,28). The van der Waals surface area contributed by atoms with Gasteiger partial charge < -0.3 is 24.8 Å². The molecule has 2 aromatic rings. The normalized spacial score (nSPS) is 24.4. The zero-order valence-electron chi connectivity index (χ0n) is 17.9. The summed E-state index contributed by atoms with van der Waals surface area (Å²) in [7, 11) is 0. The van der Waals surface area contributed by atoms with Gasteiger partial charge in [0, 0.05) is 12.8 Å². The molecular formula is C25H28N2O5. The van der Waals surface area contributed by atoms with E-state index in [2.05, 4.69) is 10.6 Å². The molecule has 0 bridgehead atoms. The number of carbonyl (C=O) groups excluding carboxylic acids is 2. The first-order chi connectivity index (χ1) is 15.6. The summed E-state index contributed by atoms with van der Waals surface area (Å²) >= 11 is 0. The first kappa shape index (κ1) is 20.8. The number of hydrogen-bond donors (Lipinski definition) is 2. The number of benzene rings is 2. The van der Waals surface area contributed by atoms with Crippen molar-refractivity contribution in [3.63, 3.8) is 0 Å². The molecule has 3 atom stereocenters. The topological polar surface area (TPSA) is 89.2 Å². The van der Waals surface area contributed by atoms with Gasteiger partial charge in [-0.3, -0.25) is 9.59 Å². The minimum atomic E-state index is -0.580. The average Bonchev–Trinajstić information content (AvgIpc) is 3.71. The number of ether oxygens (including phenoxy) is 3. The largest absolute Gasteiger partial charge is 0.493 e. The molecule has 7 heteroatoms. The van der Waals surface area contributed by atoms with E-state index < -0.39 is 12.1 Å². The van der Waals surface area contributed by atoms with Crippen molar-refractivity contribution in [1.29, 1.82) is 0 Å². The Kier molecular flexibility index (Phi) is 5.99. The molecule has 2 amide bonds. The van der Waals surface area contributed by atoms with Gasteiger partial charge in [-0.1, -0.05) is 24.3 Å². The van der Waals surface area contributed by atoms with Crippen molar-refractivity contribution in [3.8, 4) is 11.5 Å². The van der Waals surface area contributed by atoms with Gasteiger partial charge in [-0.2, -0.15) is 0 Å². The number of carbonyl (C=O) groups is 2. The smallest absolute Gasteiger partial charge is 0.243 e. The number of rotatable bonds is 10. The lowest BCUT2D eigenvalue weighted by Crippen LogP contribution is -2.62. The van der Waals surface area contributed by atoms with Crippen molar-refractivity contribution >= 4 is 11.8 Å². The van der Waals surface area contributed by atoms with E-state index in [1.807, 2.05) is 48.5 Å². The van der Waals surface area contributed by atoms with Crippen LogP contribution in [0.5, 0.6) is 11.5 Å². The fourth-order valence-electron chi connectivity index (χ4n) is 3.73. The Hall–Kier alpha value is -3.06. The summed E-state index contributed by atoms with van der Waals surface area (Å²) in [6.07, 6.45) is 3.60. The molecule has 2 aliphatic heterocycles. The van der Waals surface area contributed by atoms with Crippen LogP contribution in [-0.2, 0) is 27.2 Å². The van der Waals surface area contributed by atoms with Crippen LogP contribution >= 0.6 is 0 Å². The third kappa shape index (κ3) is 5.59. The van der Waals surface area contributed by atoms with E-state index in [4.69, 9.17) is 14.2 Å². The van der Waals surface area contributed by atoms with Gasteiger partial charge in [0.25, 0.3) is 0 Å². The summed E-state index contributed by atoms with van der Waals surface area (Å²) in [6.45, 7) is 2.08. The number of amides is 2. The molecular weight excluding hydrogens is 408 g/mol. The van der Waals surface area contributed by atoms with E-state index >= 15 is 0 Å². The summed E-state index contributed by atoms with van der Waals surface area (Å²) in [6, 6.07) is 14.2. The summed E-state index contributed by atoms with van der Waals surface area (Å²) in [5.41, 5.74) is 1.94. The lowest BCUT2D eigenvalue weighted by atomic mass is 9.98. The van der Waals surface area contributed by atoms with E-state index in [1.165, 1.54) is 12.8 Å². The molecule has 3 fully saturated rings. The fraction of sp³-hybridized carbons (Fsp3) is 0.440. The number of hydrogen-bond acceptors (Lipinski definition) is 5. The van der Waals surface area contributed by atoms with Gasteiger partial charge in [0.05, 0.1) is 13.2 Å². The molecule has 0 aromatic heterocycles. The highest BCUT2D eigenvalue weighted by Crippen LogP contribution is 2.29. The first-order valence-corrected chi connectivity index (χ1v) is 11.3. The average molecular weight is 437 g/mol. The highest BCUT2D eigenvalue weighted by Gasteiger charge is 2.33. The molecule has 3 aliphatic rings. The van der Waals surface area contributed by atoms with Crippen LogP contribution in [0.3, 0.4) is 0 Å². The zero-order valence-corrected chi connectivity index (χ0v) is 17.9. The van der Waals surface area contributed by atoms with Gasteiger partial charge >= 0.3 is 0 Å². The minimum absolute atomic E-state index is 0.159. The quantitative estimate of drug-likeness (QED) is 0.557. The molecule has 2 heterocycles. The van der Waals surface area contributed by atoms with Gasteiger partial charge in [-0.25, -0.2) is 0 Å². The monoisotopic (exact) mass is 436 g/mol. The predicted octanol–water partition coefficient (Wildman–Crippen LogP) is 2.02. The SMILES string of the molecule is O=C1NC(Cc2ccc(OCC3CO3)cc2)C(=O)NC1Cc1ccc(OCC2CC2)cc1. The van der Waals surface area contributed by atoms with Crippen molar-refractivity contribution in [1.82, 2.24) is 10.6 Å². The first-order valence-electron chi connectivity index (χ1n) is 11.3. The highest BCUT2D eigenvalue weighted by molar-refractivity contribution is 5.97. The van der Waals surface area contributed by atoms with Crippen molar-refractivity contribution in [3.05, 3.63) is 59.7 Å². The minimum Gasteiger partial charge on any atom is -0.493 e. The van der Waals surface area contributed by atoms with E-state index in [-0.39, 0.29) is 17.9 Å². The third-order valence-electron chi connectivity index (χ3n) is 6.01. The molecule has 7 nitrogen and oxygen atoms in total. The molecule has 2 saturated heterocycles. The number of epoxide rings is 1. The van der Waals surface area contributed by atoms with Crippen molar-refractivity contribution in [2.24, 2.45) is 5.92 Å². The van der Waals surface area contributed by atoms with Crippen molar-refractivity contribution < 1.29 is 23.8 Å². The van der Waals surface area contributed by atoms with Crippen LogP contribution in [0.25, 0.3) is 0 Å². The lowest BCUT2D eigenvalue weighted by molar-refractivity contribution is -0.136. The molecule has 1 aliphatic carbocycles. The van der Waals surface area contributed by atoms with Crippen LogP contribution in [-0.4, -0.2) is 49.8 Å². The maximum atomic E-state index is 12.6. The molecule has 3 unspecified atom stereocenters. The van der Waals surface area contributed by atoms with Crippen molar-refractivity contribution in [2.75, 3.05) is 19.8 Å². The lowest BCUT2D eigenvalue weighted by Gasteiger charge is -2.29. The molecule has 0 spiro atoms. The molecule has 0 radical (unpaired) electrons. The van der Waals surface area contributed by atoms with E-state index in [9.17, 15) is 9.59 Å². The van der Waals surface area contributed by atoms with Crippen LogP contribution < -0.4 is 20.1 Å². The molecule has 2 aromatic carbocycles. The summed E-state index contributed by atoms with van der Waals surface area (Å²) in [5, 5.41) is 5.75. The summed E-state index contributed by atoms with van der Waals surface area (Å²) in [4.78, 5) is 25.2. The number of piperazine rings is 1. The van der Waals surface area contributed by atoms with Gasteiger partial charge in [0.2, 0.25) is 11.8 Å².